The van der Waals surface area contributed by atoms with Crippen molar-refractivity contribution in [1.29, 1.82) is 0 Å². The maximum absolute atomic E-state index is 12.2. The second kappa shape index (κ2) is 8.76. The number of nitrogens with one attached hydrogen (secondary N) is 1. The molecule has 28 heavy (non-hydrogen) atoms. The van der Waals surface area contributed by atoms with E-state index in [1.807, 2.05) is 49.4 Å². The molecule has 144 valence electrons. The minimum absolute atomic E-state index is 0.125. The van der Waals surface area contributed by atoms with E-state index in [-0.39, 0.29) is 11.9 Å². The quantitative estimate of drug-likeness (QED) is 0.637. The number of fused-ring (bicyclic) bond motifs is 1. The number of carbonyl (C=O) groups excluding carboxylic acids is 2. The Morgan fingerprint density at radius 1 is 1.18 bits per heavy atom. The fourth-order valence-corrected chi connectivity index (χ4v) is 3.31. The van der Waals surface area contributed by atoms with Crippen LogP contribution in [-0.4, -0.2) is 29.7 Å². The monoisotopic (exact) mass is 396 g/mol. The Bertz CT molecular complexity index is 1040. The Balaban J connectivity index is 1.71. The molecular weight excluding hydrogens is 376 g/mol. The molecule has 3 aromatic rings. The van der Waals surface area contributed by atoms with E-state index in [2.05, 4.69) is 5.32 Å². The molecule has 0 aliphatic carbocycles. The second-order valence-electron chi connectivity index (χ2n) is 6.48. The molecule has 1 aromatic heterocycles. The first-order valence-electron chi connectivity index (χ1n) is 8.90. The summed E-state index contributed by atoms with van der Waals surface area (Å²) in [6.45, 7) is 1.92. The average Bonchev–Trinajstić information content (AvgIpc) is 3.05. The fraction of sp³-hybridized carbons (Fsp3) is 0.182. The van der Waals surface area contributed by atoms with Gasteiger partial charge in [-0.15, -0.1) is 0 Å². The number of methoxy groups -OCH3 is 1. The molecule has 1 atom stereocenters. The van der Waals surface area contributed by atoms with Crippen molar-refractivity contribution >= 4 is 40.6 Å². The van der Waals surface area contributed by atoms with Crippen molar-refractivity contribution in [3.05, 3.63) is 77.0 Å². The predicted octanol–water partition coefficient (Wildman–Crippen LogP) is 4.67. The normalized spacial score (nSPS) is 12.2. The zero-order valence-electron chi connectivity index (χ0n) is 15.7. The lowest BCUT2D eigenvalue weighted by Crippen LogP contribution is -2.32. The largest absolute Gasteiger partial charge is 0.452 e. The summed E-state index contributed by atoms with van der Waals surface area (Å²) < 4.78 is 6.33. The van der Waals surface area contributed by atoms with Gasteiger partial charge in [-0.1, -0.05) is 48.0 Å². The van der Waals surface area contributed by atoms with E-state index in [0.717, 1.165) is 22.0 Å². The Morgan fingerprint density at radius 3 is 2.64 bits per heavy atom. The van der Waals surface area contributed by atoms with Crippen LogP contribution in [0.2, 0.25) is 5.02 Å². The van der Waals surface area contributed by atoms with Gasteiger partial charge in [0.25, 0.3) is 0 Å². The van der Waals surface area contributed by atoms with Crippen LogP contribution in [0.15, 0.2) is 60.8 Å². The first kappa shape index (κ1) is 19.7. The minimum atomic E-state index is -0.443. The molecular formula is C22H21ClN2O3. The van der Waals surface area contributed by atoms with E-state index < -0.39 is 6.09 Å². The number of nitrogens with zero attached hydrogens (tertiary/aromatic N) is 1. The van der Waals surface area contributed by atoms with E-state index >= 15 is 0 Å². The summed E-state index contributed by atoms with van der Waals surface area (Å²) in [5.74, 6) is -0.205. The summed E-state index contributed by atoms with van der Waals surface area (Å²) in [4.78, 5) is 24.2. The van der Waals surface area contributed by atoms with Crippen molar-refractivity contribution in [3.63, 3.8) is 0 Å². The second-order valence-corrected chi connectivity index (χ2v) is 6.89. The van der Waals surface area contributed by atoms with Gasteiger partial charge in [0, 0.05) is 28.7 Å². The van der Waals surface area contributed by atoms with Crippen molar-refractivity contribution in [2.24, 2.45) is 0 Å². The van der Waals surface area contributed by atoms with Crippen LogP contribution in [0.5, 0.6) is 0 Å². The Morgan fingerprint density at radius 2 is 1.89 bits per heavy atom. The number of carbonyl (C=O) groups is 2. The first-order valence-corrected chi connectivity index (χ1v) is 9.27. The smallest absolute Gasteiger partial charge is 0.418 e. The van der Waals surface area contributed by atoms with Crippen molar-refractivity contribution in [2.75, 3.05) is 7.11 Å². The summed E-state index contributed by atoms with van der Waals surface area (Å²) in [5, 5.41) is 4.49. The lowest BCUT2D eigenvalue weighted by atomic mass is 10.1. The minimum Gasteiger partial charge on any atom is -0.452 e. The lowest BCUT2D eigenvalue weighted by molar-refractivity contribution is -0.117. The third-order valence-corrected chi connectivity index (χ3v) is 4.74. The molecule has 1 N–H and O–H groups in total. The van der Waals surface area contributed by atoms with Crippen LogP contribution < -0.4 is 5.32 Å². The summed E-state index contributed by atoms with van der Waals surface area (Å²) >= 11 is 6.09. The topological polar surface area (TPSA) is 60.3 Å². The summed E-state index contributed by atoms with van der Waals surface area (Å²) in [6, 6.07) is 14.8. The molecule has 0 saturated heterocycles. The van der Waals surface area contributed by atoms with E-state index in [4.69, 9.17) is 16.3 Å². The van der Waals surface area contributed by atoms with E-state index in [9.17, 15) is 9.59 Å². The van der Waals surface area contributed by atoms with Crippen LogP contribution in [0.1, 0.15) is 18.1 Å². The maximum atomic E-state index is 12.2. The van der Waals surface area contributed by atoms with Gasteiger partial charge in [-0.2, -0.15) is 0 Å². The highest BCUT2D eigenvalue weighted by atomic mass is 35.5. The molecule has 3 rings (SSSR count). The zero-order valence-corrected chi connectivity index (χ0v) is 16.4. The van der Waals surface area contributed by atoms with Gasteiger partial charge in [0.15, 0.2) is 0 Å². The standard InChI is InChI=1S/C22H21ClN2O3/c1-15(24-21(26)12-11-16-7-3-5-9-19(16)23)13-17-14-25(22(27)28-2)20-10-6-4-8-18(17)20/h3-12,14-15H,13H2,1-2H3,(H,24,26)/t15-/m1/s1. The SMILES string of the molecule is COC(=O)n1cc(C[C@@H](C)NC(=O)C=Cc2ccccc2Cl)c2ccccc21. The van der Waals surface area contributed by atoms with Gasteiger partial charge in [0.05, 0.1) is 12.6 Å². The molecule has 6 heteroatoms. The van der Waals surface area contributed by atoms with E-state index in [0.29, 0.717) is 11.4 Å². The molecule has 0 fully saturated rings. The van der Waals surface area contributed by atoms with Crippen LogP contribution in [0.25, 0.3) is 17.0 Å². The van der Waals surface area contributed by atoms with Crippen LogP contribution in [0, 0.1) is 0 Å². The van der Waals surface area contributed by atoms with Gasteiger partial charge < -0.3 is 10.1 Å². The Hall–Kier alpha value is -3.05. The molecule has 0 unspecified atom stereocenters. The molecule has 0 radical (unpaired) electrons. The third kappa shape index (κ3) is 4.43. The molecule has 0 aliphatic rings. The number of hydrogen-bond acceptors (Lipinski definition) is 3. The molecule has 1 amide bonds. The van der Waals surface area contributed by atoms with E-state index in [1.165, 1.54) is 17.8 Å². The maximum Gasteiger partial charge on any atom is 0.418 e. The molecule has 0 spiro atoms. The third-order valence-electron chi connectivity index (χ3n) is 4.40. The Kier molecular flexibility index (Phi) is 6.16. The summed E-state index contributed by atoms with van der Waals surface area (Å²) in [7, 11) is 1.35. The van der Waals surface area contributed by atoms with Crippen LogP contribution >= 0.6 is 11.6 Å². The highest BCUT2D eigenvalue weighted by Crippen LogP contribution is 2.23. The fourth-order valence-electron chi connectivity index (χ4n) is 3.11. The lowest BCUT2D eigenvalue weighted by Gasteiger charge is -2.12. The molecule has 0 bridgehead atoms. The highest BCUT2D eigenvalue weighted by molar-refractivity contribution is 6.32. The van der Waals surface area contributed by atoms with Gasteiger partial charge in [-0.05, 0) is 42.7 Å². The van der Waals surface area contributed by atoms with Crippen molar-refractivity contribution in [2.45, 2.75) is 19.4 Å². The predicted molar refractivity (Wildman–Crippen MR) is 112 cm³/mol. The number of amides is 1. The van der Waals surface area contributed by atoms with Crippen LogP contribution in [0.4, 0.5) is 4.79 Å². The molecule has 1 heterocycles. The van der Waals surface area contributed by atoms with Crippen molar-refractivity contribution in [3.8, 4) is 0 Å². The molecule has 5 nitrogen and oxygen atoms in total. The summed E-state index contributed by atoms with van der Waals surface area (Å²) in [5.41, 5.74) is 2.53. The molecule has 0 saturated carbocycles. The van der Waals surface area contributed by atoms with Gasteiger partial charge in [-0.3, -0.25) is 9.36 Å². The molecule has 0 aliphatic heterocycles. The number of ether oxygens (including phenoxy) is 1. The van der Waals surface area contributed by atoms with Gasteiger partial charge >= 0.3 is 6.09 Å². The number of hydrogen-bond donors (Lipinski definition) is 1. The van der Waals surface area contributed by atoms with Gasteiger partial charge in [0.2, 0.25) is 5.91 Å². The number of aromatic nitrogens is 1. The van der Waals surface area contributed by atoms with Gasteiger partial charge in [-0.25, -0.2) is 4.79 Å². The van der Waals surface area contributed by atoms with E-state index in [1.54, 1.807) is 18.3 Å². The average molecular weight is 397 g/mol. The first-order chi connectivity index (χ1) is 13.5. The number of rotatable bonds is 5. The van der Waals surface area contributed by atoms with Crippen LogP contribution in [0.3, 0.4) is 0 Å². The zero-order chi connectivity index (χ0) is 20.1. The summed E-state index contributed by atoms with van der Waals surface area (Å²) in [6.07, 6.45) is 5.06. The number of halogens is 1. The Labute approximate surface area is 168 Å². The van der Waals surface area contributed by atoms with Crippen molar-refractivity contribution in [1.82, 2.24) is 9.88 Å². The van der Waals surface area contributed by atoms with Crippen LogP contribution in [-0.2, 0) is 16.0 Å². The highest BCUT2D eigenvalue weighted by Gasteiger charge is 2.16. The van der Waals surface area contributed by atoms with Gasteiger partial charge in [0.1, 0.15) is 0 Å². The number of benzene rings is 2. The molecule has 2 aromatic carbocycles. The van der Waals surface area contributed by atoms with Crippen molar-refractivity contribution < 1.29 is 14.3 Å². The number of para-hydroxylation sites is 1.